The van der Waals surface area contributed by atoms with Gasteiger partial charge in [-0.2, -0.15) is 0 Å². The molecule has 0 unspecified atom stereocenters. The first-order valence-corrected chi connectivity index (χ1v) is 7.85. The Morgan fingerprint density at radius 1 is 1.42 bits per heavy atom. The van der Waals surface area contributed by atoms with Crippen molar-refractivity contribution in [3.05, 3.63) is 18.3 Å². The first-order valence-electron chi connectivity index (χ1n) is 6.37. The van der Waals surface area contributed by atoms with Gasteiger partial charge in [0.05, 0.1) is 0 Å². The van der Waals surface area contributed by atoms with E-state index < -0.39 is 10.0 Å². The zero-order chi connectivity index (χ0) is 13.9. The van der Waals surface area contributed by atoms with Gasteiger partial charge in [-0.1, -0.05) is 0 Å². The number of nitrogens with one attached hydrogen (secondary N) is 1. The van der Waals surface area contributed by atoms with Crippen molar-refractivity contribution in [3.8, 4) is 0 Å². The molecule has 1 aliphatic rings. The van der Waals surface area contributed by atoms with Crippen molar-refractivity contribution in [2.75, 3.05) is 32.4 Å². The highest BCUT2D eigenvalue weighted by Gasteiger charge is 2.20. The summed E-state index contributed by atoms with van der Waals surface area (Å²) in [5.41, 5.74) is 5.44. The number of aromatic nitrogens is 1. The van der Waals surface area contributed by atoms with E-state index >= 15 is 0 Å². The minimum absolute atomic E-state index is 0.162. The Morgan fingerprint density at radius 3 is 2.68 bits per heavy atom. The molecule has 0 atom stereocenters. The average Bonchev–Trinajstić information content (AvgIpc) is 2.39. The molecule has 0 aromatic carbocycles. The molecule has 6 nitrogen and oxygen atoms in total. The first-order chi connectivity index (χ1) is 8.97. The fraction of sp³-hybridized carbons (Fsp3) is 0.583. The molecule has 1 aromatic heterocycles. The second-order valence-electron chi connectivity index (χ2n) is 5.02. The van der Waals surface area contributed by atoms with Crippen molar-refractivity contribution < 1.29 is 8.42 Å². The van der Waals surface area contributed by atoms with Crippen LogP contribution in [0.25, 0.3) is 0 Å². The molecule has 2 heterocycles. The van der Waals surface area contributed by atoms with Crippen LogP contribution in [0.2, 0.25) is 0 Å². The lowest BCUT2D eigenvalue weighted by molar-refractivity contribution is 0.220. The van der Waals surface area contributed by atoms with Gasteiger partial charge >= 0.3 is 0 Å². The molecule has 0 spiro atoms. The number of nitrogen functional groups attached to an aromatic ring is 1. The van der Waals surface area contributed by atoms with Crippen molar-refractivity contribution in [3.63, 3.8) is 0 Å². The molecule has 0 radical (unpaired) electrons. The van der Waals surface area contributed by atoms with Crippen molar-refractivity contribution >= 4 is 15.8 Å². The van der Waals surface area contributed by atoms with E-state index in [1.54, 1.807) is 0 Å². The van der Waals surface area contributed by atoms with Gasteiger partial charge in [-0.25, -0.2) is 18.1 Å². The number of nitrogens with zero attached hydrogens (tertiary/aromatic N) is 2. The van der Waals surface area contributed by atoms with Gasteiger partial charge in [-0.3, -0.25) is 0 Å². The molecular formula is C12H20N4O2S. The topological polar surface area (TPSA) is 88.3 Å². The molecule has 1 fully saturated rings. The number of nitrogens with two attached hydrogens (primary N) is 1. The van der Waals surface area contributed by atoms with Crippen molar-refractivity contribution in [2.24, 2.45) is 5.92 Å². The summed E-state index contributed by atoms with van der Waals surface area (Å²) in [6, 6.07) is 2.96. The van der Waals surface area contributed by atoms with Crippen LogP contribution >= 0.6 is 0 Å². The Bertz CT molecular complexity index is 507. The zero-order valence-corrected chi connectivity index (χ0v) is 11.9. The highest BCUT2D eigenvalue weighted by molar-refractivity contribution is 7.89. The van der Waals surface area contributed by atoms with Crippen LogP contribution in [-0.4, -0.2) is 45.0 Å². The zero-order valence-electron chi connectivity index (χ0n) is 11.0. The maximum absolute atomic E-state index is 12.0. The van der Waals surface area contributed by atoms with E-state index in [0.29, 0.717) is 18.3 Å². The normalized spacial score (nSPS) is 18.6. The maximum Gasteiger partial charge on any atom is 0.242 e. The van der Waals surface area contributed by atoms with Gasteiger partial charge in [0.15, 0.2) is 0 Å². The standard InChI is InChI=1S/C12H20N4O2S/c1-16-6-4-10(5-7-16)8-15-19(17,18)11-2-3-12(13)14-9-11/h2-3,9-10,15H,4-8H2,1H3,(H2,13,14). The Hall–Kier alpha value is -1.18. The van der Waals surface area contributed by atoms with Gasteiger partial charge in [0.1, 0.15) is 10.7 Å². The van der Waals surface area contributed by atoms with Gasteiger partial charge in [-0.05, 0) is 51.0 Å². The summed E-state index contributed by atoms with van der Waals surface area (Å²) in [5, 5.41) is 0. The van der Waals surface area contributed by atoms with Crippen molar-refractivity contribution in [1.82, 2.24) is 14.6 Å². The number of hydrogen-bond acceptors (Lipinski definition) is 5. The molecule has 0 aliphatic carbocycles. The van der Waals surface area contributed by atoms with Crippen LogP contribution < -0.4 is 10.5 Å². The fourth-order valence-electron chi connectivity index (χ4n) is 2.13. The molecule has 2 rings (SSSR count). The average molecular weight is 284 g/mol. The monoisotopic (exact) mass is 284 g/mol. The van der Waals surface area contributed by atoms with Crippen LogP contribution in [0.3, 0.4) is 0 Å². The Morgan fingerprint density at radius 2 is 2.11 bits per heavy atom. The second kappa shape index (κ2) is 5.85. The minimum Gasteiger partial charge on any atom is -0.384 e. The van der Waals surface area contributed by atoms with Crippen molar-refractivity contribution in [1.29, 1.82) is 0 Å². The summed E-state index contributed by atoms with van der Waals surface area (Å²) in [4.78, 5) is 6.22. The third-order valence-electron chi connectivity index (χ3n) is 3.47. The van der Waals surface area contributed by atoms with Crippen LogP contribution in [0.5, 0.6) is 0 Å². The predicted octanol–water partition coefficient (Wildman–Crippen LogP) is 0.284. The van der Waals surface area contributed by atoms with Crippen LogP contribution in [0, 0.1) is 5.92 Å². The lowest BCUT2D eigenvalue weighted by Gasteiger charge is -2.28. The molecule has 1 saturated heterocycles. The van der Waals surface area contributed by atoms with E-state index in [1.807, 2.05) is 0 Å². The van der Waals surface area contributed by atoms with Crippen LogP contribution in [0.4, 0.5) is 5.82 Å². The third kappa shape index (κ3) is 3.89. The van der Waals surface area contributed by atoms with Crippen molar-refractivity contribution in [2.45, 2.75) is 17.7 Å². The van der Waals surface area contributed by atoms with Crippen LogP contribution in [0.1, 0.15) is 12.8 Å². The number of piperidine rings is 1. The van der Waals surface area contributed by atoms with Gasteiger partial charge in [0.2, 0.25) is 10.0 Å². The molecule has 1 aromatic rings. The number of anilines is 1. The number of pyridine rings is 1. The fourth-order valence-corrected chi connectivity index (χ4v) is 3.19. The molecule has 0 amide bonds. The second-order valence-corrected chi connectivity index (χ2v) is 6.78. The van der Waals surface area contributed by atoms with E-state index in [9.17, 15) is 8.42 Å². The van der Waals surface area contributed by atoms with Gasteiger partial charge in [0.25, 0.3) is 0 Å². The summed E-state index contributed by atoms with van der Waals surface area (Å²) in [6.45, 7) is 2.53. The molecule has 0 bridgehead atoms. The number of rotatable bonds is 4. The van der Waals surface area contributed by atoms with Gasteiger partial charge in [-0.15, -0.1) is 0 Å². The van der Waals surface area contributed by atoms with E-state index in [0.717, 1.165) is 25.9 Å². The Balaban J connectivity index is 1.92. The number of sulfonamides is 1. The van der Waals surface area contributed by atoms with E-state index in [-0.39, 0.29) is 4.90 Å². The largest absolute Gasteiger partial charge is 0.384 e. The molecule has 1 aliphatic heterocycles. The van der Waals surface area contributed by atoms with Gasteiger partial charge in [0, 0.05) is 12.7 Å². The quantitative estimate of drug-likeness (QED) is 0.829. The summed E-state index contributed by atoms with van der Waals surface area (Å²) in [7, 11) is -1.39. The smallest absolute Gasteiger partial charge is 0.242 e. The Labute approximate surface area is 114 Å². The molecular weight excluding hydrogens is 264 g/mol. The lowest BCUT2D eigenvalue weighted by atomic mass is 9.98. The molecule has 3 N–H and O–H groups in total. The molecule has 19 heavy (non-hydrogen) atoms. The molecule has 7 heteroatoms. The highest BCUT2D eigenvalue weighted by atomic mass is 32.2. The van der Waals surface area contributed by atoms with E-state index in [4.69, 9.17) is 5.73 Å². The van der Waals surface area contributed by atoms with Crippen LogP contribution in [0.15, 0.2) is 23.2 Å². The first kappa shape index (κ1) is 14.2. The molecule has 106 valence electrons. The lowest BCUT2D eigenvalue weighted by Crippen LogP contribution is -2.36. The summed E-state index contributed by atoms with van der Waals surface area (Å²) >= 11 is 0. The summed E-state index contributed by atoms with van der Waals surface area (Å²) < 4.78 is 26.7. The van der Waals surface area contributed by atoms with Crippen LogP contribution in [-0.2, 0) is 10.0 Å². The minimum atomic E-state index is -3.47. The summed E-state index contributed by atoms with van der Waals surface area (Å²) in [5.74, 6) is 0.724. The summed E-state index contributed by atoms with van der Waals surface area (Å²) in [6.07, 6.45) is 3.34. The Kier molecular flexibility index (Phi) is 4.38. The SMILES string of the molecule is CN1CCC(CNS(=O)(=O)c2ccc(N)nc2)CC1. The van der Waals surface area contributed by atoms with Gasteiger partial charge < -0.3 is 10.6 Å². The van der Waals surface area contributed by atoms with E-state index in [2.05, 4.69) is 21.7 Å². The predicted molar refractivity (Wildman–Crippen MR) is 74.1 cm³/mol. The van der Waals surface area contributed by atoms with E-state index in [1.165, 1.54) is 18.3 Å². The number of hydrogen-bond donors (Lipinski definition) is 2. The maximum atomic E-state index is 12.0. The molecule has 0 saturated carbocycles. The number of likely N-dealkylation sites (tertiary alicyclic amines) is 1. The third-order valence-corrected chi connectivity index (χ3v) is 4.88. The highest BCUT2D eigenvalue weighted by Crippen LogP contribution is 2.16.